The Balaban J connectivity index is 2.04. The molecule has 0 aliphatic rings. The summed E-state index contributed by atoms with van der Waals surface area (Å²) in [5.41, 5.74) is -4.25. The lowest BCUT2D eigenvalue weighted by Gasteiger charge is -2.13. The van der Waals surface area contributed by atoms with Gasteiger partial charge >= 0.3 is 6.18 Å². The highest BCUT2D eigenvalue weighted by molar-refractivity contribution is 6.05. The van der Waals surface area contributed by atoms with Gasteiger partial charge < -0.3 is 5.32 Å². The molecule has 0 radical (unpaired) electrons. The van der Waals surface area contributed by atoms with Crippen LogP contribution in [0.3, 0.4) is 0 Å². The van der Waals surface area contributed by atoms with Gasteiger partial charge in [0.15, 0.2) is 5.69 Å². The Morgan fingerprint density at radius 2 is 1.89 bits per heavy atom. The van der Waals surface area contributed by atoms with Gasteiger partial charge in [0.2, 0.25) is 0 Å². The second kappa shape index (κ2) is 7.02. The number of amides is 1. The molecule has 3 rings (SSSR count). The number of anilines is 1. The zero-order valence-corrected chi connectivity index (χ0v) is 14.0. The van der Waals surface area contributed by atoms with Crippen LogP contribution in [0, 0.1) is 5.82 Å². The number of carbonyl (C=O) groups excluding carboxylic acids is 1. The largest absolute Gasteiger partial charge is 0.435 e. The maximum atomic E-state index is 13.9. The highest BCUT2D eigenvalue weighted by atomic mass is 19.4. The van der Waals surface area contributed by atoms with Gasteiger partial charge in [-0.05, 0) is 12.1 Å². The third-order valence-electron chi connectivity index (χ3n) is 3.68. The molecule has 28 heavy (non-hydrogen) atoms. The summed E-state index contributed by atoms with van der Waals surface area (Å²) >= 11 is 0. The topological polar surface area (TPSA) is 64.7 Å². The molecule has 0 unspecified atom stereocenters. The van der Waals surface area contributed by atoms with E-state index in [4.69, 9.17) is 0 Å². The van der Waals surface area contributed by atoms with Crippen molar-refractivity contribution in [3.05, 3.63) is 59.4 Å². The van der Waals surface area contributed by atoms with Crippen molar-refractivity contribution in [1.82, 2.24) is 19.6 Å². The average molecular weight is 403 g/mol. The van der Waals surface area contributed by atoms with Crippen molar-refractivity contribution in [3.63, 3.8) is 0 Å². The minimum atomic E-state index is -5.03. The van der Waals surface area contributed by atoms with Crippen LogP contribution in [0.5, 0.6) is 0 Å². The number of carbonyl (C=O) groups is 1. The average Bonchev–Trinajstić information content (AvgIpc) is 3.18. The Morgan fingerprint density at radius 3 is 2.50 bits per heavy atom. The molecule has 0 bridgehead atoms. The summed E-state index contributed by atoms with van der Waals surface area (Å²) in [7, 11) is 1.28. The van der Waals surface area contributed by atoms with Gasteiger partial charge in [-0.1, -0.05) is 12.1 Å². The number of halogens is 6. The standard InChI is InChI=1S/C16H11F6N5O/c1-26-7-8(12(25-26)14(18)19)15(28)24-10-6-23-27(13(10)16(20,21)22)11-5-3-2-4-9(11)17/h2-7,14H,1H3,(H,24,28). The smallest absolute Gasteiger partial charge is 0.319 e. The van der Waals surface area contributed by atoms with E-state index in [1.165, 1.54) is 19.2 Å². The number of aryl methyl sites for hydroxylation is 1. The van der Waals surface area contributed by atoms with Crippen molar-refractivity contribution >= 4 is 11.6 Å². The van der Waals surface area contributed by atoms with Crippen molar-refractivity contribution in [1.29, 1.82) is 0 Å². The first-order chi connectivity index (χ1) is 13.1. The number of rotatable bonds is 4. The van der Waals surface area contributed by atoms with Crippen LogP contribution in [-0.4, -0.2) is 25.5 Å². The molecule has 2 heterocycles. The van der Waals surface area contributed by atoms with Crippen molar-refractivity contribution in [2.75, 3.05) is 5.32 Å². The molecule has 2 aromatic heterocycles. The molecule has 0 atom stereocenters. The predicted octanol–water partition coefficient (Wildman–Crippen LogP) is 3.95. The lowest BCUT2D eigenvalue weighted by molar-refractivity contribution is -0.142. The number of alkyl halides is 5. The summed E-state index contributed by atoms with van der Waals surface area (Å²) in [6.07, 6.45) is -6.52. The zero-order chi connectivity index (χ0) is 20.6. The normalized spacial score (nSPS) is 11.9. The van der Waals surface area contributed by atoms with Crippen LogP contribution in [0.2, 0.25) is 0 Å². The van der Waals surface area contributed by atoms with Gasteiger partial charge in [0, 0.05) is 13.2 Å². The van der Waals surface area contributed by atoms with Crippen molar-refractivity contribution in [2.45, 2.75) is 12.6 Å². The van der Waals surface area contributed by atoms with E-state index in [1.54, 1.807) is 0 Å². The molecule has 0 saturated heterocycles. The Labute approximate surface area is 153 Å². The Kier molecular flexibility index (Phi) is 4.87. The van der Waals surface area contributed by atoms with Crippen LogP contribution in [0.15, 0.2) is 36.7 Å². The van der Waals surface area contributed by atoms with E-state index < -0.39 is 52.7 Å². The van der Waals surface area contributed by atoms with Gasteiger partial charge in [-0.3, -0.25) is 9.48 Å². The Morgan fingerprint density at radius 1 is 1.21 bits per heavy atom. The fourth-order valence-corrected chi connectivity index (χ4v) is 2.55. The Hall–Kier alpha value is -3.31. The number of benzene rings is 1. The van der Waals surface area contributed by atoms with E-state index in [0.29, 0.717) is 6.20 Å². The third-order valence-corrected chi connectivity index (χ3v) is 3.68. The number of aromatic nitrogens is 4. The molecule has 0 saturated carbocycles. The van der Waals surface area contributed by atoms with Crippen LogP contribution < -0.4 is 5.32 Å². The molecule has 0 aliphatic carbocycles. The van der Waals surface area contributed by atoms with E-state index in [9.17, 15) is 31.1 Å². The summed E-state index contributed by atoms with van der Waals surface area (Å²) in [6.45, 7) is 0. The molecule has 0 aliphatic heterocycles. The SMILES string of the molecule is Cn1cc(C(=O)Nc2cnn(-c3ccccc3F)c2C(F)(F)F)c(C(F)F)n1. The van der Waals surface area contributed by atoms with Gasteiger partial charge in [0.1, 0.15) is 17.2 Å². The fraction of sp³-hybridized carbons (Fsp3) is 0.188. The first kappa shape index (κ1) is 19.5. The van der Waals surface area contributed by atoms with E-state index in [0.717, 1.165) is 23.0 Å². The number of hydrogen-bond acceptors (Lipinski definition) is 3. The van der Waals surface area contributed by atoms with Crippen LogP contribution in [0.1, 0.15) is 28.2 Å². The first-order valence-corrected chi connectivity index (χ1v) is 7.62. The molecular formula is C16H11F6N5O. The highest BCUT2D eigenvalue weighted by Gasteiger charge is 2.40. The van der Waals surface area contributed by atoms with E-state index in [1.807, 2.05) is 5.32 Å². The fourth-order valence-electron chi connectivity index (χ4n) is 2.55. The number of hydrogen-bond donors (Lipinski definition) is 1. The molecule has 1 N–H and O–H groups in total. The molecule has 1 amide bonds. The lowest BCUT2D eigenvalue weighted by atomic mass is 10.2. The molecule has 3 aromatic rings. The van der Waals surface area contributed by atoms with Crippen LogP contribution in [0.4, 0.5) is 32.0 Å². The molecule has 0 spiro atoms. The summed E-state index contributed by atoms with van der Waals surface area (Å²) < 4.78 is 81.8. The van der Waals surface area contributed by atoms with Gasteiger partial charge in [-0.25, -0.2) is 17.9 Å². The summed E-state index contributed by atoms with van der Waals surface area (Å²) in [5.74, 6) is -2.21. The lowest BCUT2D eigenvalue weighted by Crippen LogP contribution is -2.19. The van der Waals surface area contributed by atoms with Crippen molar-refractivity contribution in [3.8, 4) is 5.69 Å². The maximum absolute atomic E-state index is 13.9. The predicted molar refractivity (Wildman–Crippen MR) is 84.6 cm³/mol. The maximum Gasteiger partial charge on any atom is 0.435 e. The van der Waals surface area contributed by atoms with Crippen LogP contribution in [-0.2, 0) is 13.2 Å². The highest BCUT2D eigenvalue weighted by Crippen LogP contribution is 2.37. The van der Waals surface area contributed by atoms with Gasteiger partial charge in [0.25, 0.3) is 12.3 Å². The van der Waals surface area contributed by atoms with Crippen molar-refractivity contribution in [2.24, 2.45) is 7.05 Å². The van der Waals surface area contributed by atoms with Gasteiger partial charge in [-0.2, -0.15) is 23.4 Å². The number of para-hydroxylation sites is 1. The van der Waals surface area contributed by atoms with E-state index in [-0.39, 0.29) is 4.68 Å². The quantitative estimate of drug-likeness (QED) is 0.671. The monoisotopic (exact) mass is 403 g/mol. The zero-order valence-electron chi connectivity index (χ0n) is 14.0. The first-order valence-electron chi connectivity index (χ1n) is 7.62. The molecule has 0 fully saturated rings. The third kappa shape index (κ3) is 3.57. The van der Waals surface area contributed by atoms with Gasteiger partial charge in [0.05, 0.1) is 17.4 Å². The second-order valence-electron chi connectivity index (χ2n) is 5.62. The minimum absolute atomic E-state index is 0.280. The summed E-state index contributed by atoms with van der Waals surface area (Å²) in [6, 6.07) is 4.61. The Bertz CT molecular complexity index is 1020. The number of nitrogens with one attached hydrogen (secondary N) is 1. The van der Waals surface area contributed by atoms with E-state index in [2.05, 4.69) is 10.2 Å². The van der Waals surface area contributed by atoms with E-state index >= 15 is 0 Å². The summed E-state index contributed by atoms with van der Waals surface area (Å²) in [5, 5.41) is 8.82. The molecular weight excluding hydrogens is 392 g/mol. The van der Waals surface area contributed by atoms with Crippen molar-refractivity contribution < 1.29 is 31.1 Å². The van der Waals surface area contributed by atoms with Crippen LogP contribution in [0.25, 0.3) is 5.69 Å². The molecule has 12 heteroatoms. The molecule has 6 nitrogen and oxygen atoms in total. The minimum Gasteiger partial charge on any atom is -0.319 e. The molecule has 1 aromatic carbocycles. The molecule has 148 valence electrons. The van der Waals surface area contributed by atoms with Crippen LogP contribution >= 0.6 is 0 Å². The summed E-state index contributed by atoms with van der Waals surface area (Å²) in [4.78, 5) is 12.3. The van der Waals surface area contributed by atoms with Gasteiger partial charge in [-0.15, -0.1) is 0 Å². The number of nitrogens with zero attached hydrogens (tertiary/aromatic N) is 4. The second-order valence-corrected chi connectivity index (χ2v) is 5.62.